The van der Waals surface area contributed by atoms with Gasteiger partial charge in [0.15, 0.2) is 5.58 Å². The second kappa shape index (κ2) is 8.49. The van der Waals surface area contributed by atoms with Gasteiger partial charge >= 0.3 is 0 Å². The highest BCUT2D eigenvalue weighted by Gasteiger charge is 2.45. The first-order valence-corrected chi connectivity index (χ1v) is 10.0. The van der Waals surface area contributed by atoms with Gasteiger partial charge in [-0.05, 0) is 31.2 Å². The molecule has 0 unspecified atom stereocenters. The van der Waals surface area contributed by atoms with E-state index in [0.717, 1.165) is 0 Å². The lowest BCUT2D eigenvalue weighted by Crippen LogP contribution is -2.38. The minimum absolute atomic E-state index is 0.112. The zero-order valence-corrected chi connectivity index (χ0v) is 17.2. The summed E-state index contributed by atoms with van der Waals surface area (Å²) in [6, 6.07) is 8.56. The van der Waals surface area contributed by atoms with Crippen LogP contribution in [0.15, 0.2) is 40.9 Å². The molecule has 1 aromatic carbocycles. The average molecular weight is 431 g/mol. The fourth-order valence-electron chi connectivity index (χ4n) is 3.42. The maximum atomic E-state index is 12.9. The maximum Gasteiger partial charge on any atom is 0.248 e. The van der Waals surface area contributed by atoms with E-state index in [4.69, 9.17) is 13.9 Å². The molecule has 9 heteroatoms. The normalized spacial score (nSPS) is 16.5. The number of nitrogens with zero attached hydrogens (tertiary/aromatic N) is 2. The molecule has 1 aliphatic rings. The summed E-state index contributed by atoms with van der Waals surface area (Å²) in [6.07, 6.45) is 1.31. The molecule has 1 fully saturated rings. The van der Waals surface area contributed by atoms with Gasteiger partial charge in [-0.1, -0.05) is 0 Å². The Morgan fingerprint density at radius 1 is 1.26 bits per heavy atom. The SMILES string of the molecule is CC(=O)N[C@@H](C)COc1ccc(-c2nc3ccc(OCC4CC(F)(F)C4)cc3o2)nc1. The van der Waals surface area contributed by atoms with Crippen LogP contribution in [0.4, 0.5) is 8.78 Å². The second-order valence-corrected chi connectivity index (χ2v) is 7.88. The standard InChI is InChI=1S/C22H23F2N3O4/c1-13(26-14(2)28)11-29-17-4-6-19(25-10-17)21-27-18-5-3-16(7-20(18)31-21)30-12-15-8-22(23,24)9-15/h3-7,10,13,15H,8-9,11-12H2,1-2H3,(H,26,28)/t13-/m0/s1. The van der Waals surface area contributed by atoms with Gasteiger partial charge in [0.1, 0.15) is 29.3 Å². The van der Waals surface area contributed by atoms with E-state index in [0.29, 0.717) is 40.8 Å². The highest BCUT2D eigenvalue weighted by atomic mass is 19.3. The molecule has 2 heterocycles. The minimum Gasteiger partial charge on any atom is -0.493 e. The number of hydrogen-bond acceptors (Lipinski definition) is 6. The molecule has 2 aromatic heterocycles. The van der Waals surface area contributed by atoms with Crippen LogP contribution in [-0.2, 0) is 4.79 Å². The average Bonchev–Trinajstić information content (AvgIpc) is 3.12. The van der Waals surface area contributed by atoms with Crippen molar-refractivity contribution in [2.24, 2.45) is 5.92 Å². The van der Waals surface area contributed by atoms with Crippen LogP contribution < -0.4 is 14.8 Å². The van der Waals surface area contributed by atoms with E-state index in [2.05, 4.69) is 15.3 Å². The van der Waals surface area contributed by atoms with Gasteiger partial charge in [0, 0.05) is 31.7 Å². The molecular formula is C22H23F2N3O4. The smallest absolute Gasteiger partial charge is 0.248 e. The van der Waals surface area contributed by atoms with Crippen molar-refractivity contribution in [3.63, 3.8) is 0 Å². The summed E-state index contributed by atoms with van der Waals surface area (Å²) in [7, 11) is 0. The fraction of sp³-hybridized carbons (Fsp3) is 0.409. The largest absolute Gasteiger partial charge is 0.493 e. The molecular weight excluding hydrogens is 408 g/mol. The predicted molar refractivity (Wildman–Crippen MR) is 109 cm³/mol. The molecule has 1 amide bonds. The van der Waals surface area contributed by atoms with Gasteiger partial charge in [-0.25, -0.2) is 18.7 Å². The lowest BCUT2D eigenvalue weighted by molar-refractivity contribution is -0.120. The summed E-state index contributed by atoms with van der Waals surface area (Å²) >= 11 is 0. The van der Waals surface area contributed by atoms with Crippen LogP contribution in [0.5, 0.6) is 11.5 Å². The van der Waals surface area contributed by atoms with Crippen molar-refractivity contribution in [2.45, 2.75) is 38.7 Å². The molecule has 7 nitrogen and oxygen atoms in total. The number of rotatable bonds is 8. The number of nitrogens with one attached hydrogen (secondary N) is 1. The molecule has 0 aliphatic heterocycles. The Morgan fingerprint density at radius 3 is 2.71 bits per heavy atom. The van der Waals surface area contributed by atoms with Crippen LogP contribution in [0.1, 0.15) is 26.7 Å². The van der Waals surface area contributed by atoms with Crippen LogP contribution in [0.2, 0.25) is 0 Å². The second-order valence-electron chi connectivity index (χ2n) is 7.88. The third-order valence-electron chi connectivity index (χ3n) is 4.93. The first-order chi connectivity index (χ1) is 14.8. The van der Waals surface area contributed by atoms with Crippen molar-refractivity contribution in [1.29, 1.82) is 0 Å². The molecule has 1 N–H and O–H groups in total. The number of aromatic nitrogens is 2. The minimum atomic E-state index is -2.55. The first kappa shape index (κ1) is 21.0. The van der Waals surface area contributed by atoms with Crippen LogP contribution in [0, 0.1) is 5.92 Å². The van der Waals surface area contributed by atoms with E-state index in [9.17, 15) is 13.6 Å². The zero-order valence-electron chi connectivity index (χ0n) is 17.2. The summed E-state index contributed by atoms with van der Waals surface area (Å²) in [5.74, 6) is -1.32. The quantitative estimate of drug-likeness (QED) is 0.575. The molecule has 1 saturated carbocycles. The topological polar surface area (TPSA) is 86.5 Å². The third-order valence-corrected chi connectivity index (χ3v) is 4.93. The van der Waals surface area contributed by atoms with Gasteiger partial charge in [-0.3, -0.25) is 4.79 Å². The Balaban J connectivity index is 1.37. The Bertz CT molecular complexity index is 1060. The number of ether oxygens (including phenoxy) is 2. The lowest BCUT2D eigenvalue weighted by atomic mass is 9.82. The van der Waals surface area contributed by atoms with Crippen molar-refractivity contribution < 1.29 is 27.5 Å². The van der Waals surface area contributed by atoms with Crippen molar-refractivity contribution in [3.8, 4) is 23.1 Å². The van der Waals surface area contributed by atoms with E-state index < -0.39 is 5.92 Å². The number of carbonyl (C=O) groups excluding carboxylic acids is 1. The molecule has 0 radical (unpaired) electrons. The summed E-state index contributed by atoms with van der Waals surface area (Å²) in [5, 5.41) is 2.74. The molecule has 31 heavy (non-hydrogen) atoms. The van der Waals surface area contributed by atoms with Crippen molar-refractivity contribution in [1.82, 2.24) is 15.3 Å². The monoisotopic (exact) mass is 431 g/mol. The first-order valence-electron chi connectivity index (χ1n) is 10.0. The Kier molecular flexibility index (Phi) is 5.75. The van der Waals surface area contributed by atoms with Crippen LogP contribution in [-0.4, -0.2) is 41.1 Å². The molecule has 1 aliphatic carbocycles. The molecule has 4 rings (SSSR count). The number of oxazole rings is 1. The van der Waals surface area contributed by atoms with Gasteiger partial charge in [0.05, 0.1) is 18.8 Å². The highest BCUT2D eigenvalue weighted by Crippen LogP contribution is 2.42. The summed E-state index contributed by atoms with van der Waals surface area (Å²) in [5.41, 5.74) is 1.71. The van der Waals surface area contributed by atoms with E-state index >= 15 is 0 Å². The lowest BCUT2D eigenvalue weighted by Gasteiger charge is -2.34. The highest BCUT2D eigenvalue weighted by molar-refractivity contribution is 5.77. The summed E-state index contributed by atoms with van der Waals surface area (Å²) in [6.45, 7) is 3.88. The summed E-state index contributed by atoms with van der Waals surface area (Å²) < 4.78 is 42.9. The van der Waals surface area contributed by atoms with Gasteiger partial charge < -0.3 is 19.2 Å². The van der Waals surface area contributed by atoms with Gasteiger partial charge in [-0.2, -0.15) is 0 Å². The van der Waals surface area contributed by atoms with E-state index in [1.807, 2.05) is 6.92 Å². The van der Waals surface area contributed by atoms with Crippen molar-refractivity contribution in [3.05, 3.63) is 36.5 Å². The molecule has 0 spiro atoms. The Morgan fingerprint density at radius 2 is 2.03 bits per heavy atom. The Labute approximate surface area is 177 Å². The van der Waals surface area contributed by atoms with Gasteiger partial charge in [0.25, 0.3) is 0 Å². The van der Waals surface area contributed by atoms with Crippen LogP contribution >= 0.6 is 0 Å². The molecule has 0 saturated heterocycles. The number of pyridine rings is 1. The van der Waals surface area contributed by atoms with E-state index in [1.165, 1.54) is 6.92 Å². The number of alkyl halides is 2. The van der Waals surface area contributed by atoms with E-state index in [1.54, 1.807) is 36.5 Å². The zero-order chi connectivity index (χ0) is 22.0. The van der Waals surface area contributed by atoms with Crippen molar-refractivity contribution >= 4 is 17.0 Å². The number of amides is 1. The van der Waals surface area contributed by atoms with Gasteiger partial charge in [0.2, 0.25) is 17.7 Å². The molecule has 164 valence electrons. The molecule has 3 aromatic rings. The van der Waals surface area contributed by atoms with Crippen LogP contribution in [0.25, 0.3) is 22.7 Å². The number of fused-ring (bicyclic) bond motifs is 1. The van der Waals surface area contributed by atoms with Crippen molar-refractivity contribution in [2.75, 3.05) is 13.2 Å². The number of benzene rings is 1. The fourth-order valence-corrected chi connectivity index (χ4v) is 3.42. The third kappa shape index (κ3) is 5.28. The molecule has 0 bridgehead atoms. The Hall–Kier alpha value is -3.23. The van der Waals surface area contributed by atoms with Crippen LogP contribution in [0.3, 0.4) is 0 Å². The van der Waals surface area contributed by atoms with E-state index in [-0.39, 0.29) is 37.3 Å². The van der Waals surface area contributed by atoms with Gasteiger partial charge in [-0.15, -0.1) is 0 Å². The summed E-state index contributed by atoms with van der Waals surface area (Å²) in [4.78, 5) is 19.8. The number of halogens is 2. The molecule has 1 atom stereocenters. The number of hydrogen-bond donors (Lipinski definition) is 1. The predicted octanol–water partition coefficient (Wildman–Crippen LogP) is 4.22. The maximum absolute atomic E-state index is 12.9. The number of carbonyl (C=O) groups is 1.